The number of nitrogens with one attached hydrogen (secondary N) is 1. The maximum Gasteiger partial charge on any atom is 0.255 e. The monoisotopic (exact) mass is 340 g/mol. The van der Waals surface area contributed by atoms with E-state index in [0.29, 0.717) is 16.9 Å². The van der Waals surface area contributed by atoms with Gasteiger partial charge in [-0.05, 0) is 41.2 Å². The molecule has 0 aliphatic carbocycles. The molecule has 0 saturated carbocycles. The minimum atomic E-state index is -0.280. The fraction of sp³-hybridized carbons (Fsp3) is 0.381. The molecular formula is C21H28N2O2. The third kappa shape index (κ3) is 4.32. The van der Waals surface area contributed by atoms with E-state index in [1.807, 2.05) is 41.5 Å². The second-order valence-corrected chi connectivity index (χ2v) is 8.50. The molecule has 1 amide bonds. The lowest BCUT2D eigenvalue weighted by Crippen LogP contribution is -2.20. The first-order chi connectivity index (χ1) is 11.4. The van der Waals surface area contributed by atoms with E-state index in [4.69, 9.17) is 5.73 Å². The summed E-state index contributed by atoms with van der Waals surface area (Å²) in [7, 11) is 0. The van der Waals surface area contributed by atoms with E-state index in [2.05, 4.69) is 5.32 Å². The predicted molar refractivity (Wildman–Crippen MR) is 104 cm³/mol. The zero-order chi connectivity index (χ0) is 19.0. The number of amides is 1. The van der Waals surface area contributed by atoms with Gasteiger partial charge in [0.2, 0.25) is 0 Å². The SMILES string of the molecule is CC(C)(C)c1cc(C(=O)Nc2cccc(N)c2)cc(C(C)(C)C)c1O. The Kier molecular flexibility index (Phi) is 4.85. The van der Waals surface area contributed by atoms with Gasteiger partial charge in [-0.1, -0.05) is 47.6 Å². The molecule has 4 N–H and O–H groups in total. The van der Waals surface area contributed by atoms with Crippen LogP contribution in [0.4, 0.5) is 11.4 Å². The van der Waals surface area contributed by atoms with Crippen molar-refractivity contribution in [3.05, 3.63) is 53.1 Å². The number of anilines is 2. The Hall–Kier alpha value is -2.49. The summed E-state index contributed by atoms with van der Waals surface area (Å²) in [6, 6.07) is 10.6. The summed E-state index contributed by atoms with van der Waals surface area (Å²) in [5.74, 6) is 0.0436. The second kappa shape index (κ2) is 6.43. The van der Waals surface area contributed by atoms with Crippen LogP contribution in [0.15, 0.2) is 36.4 Å². The molecule has 0 bridgehead atoms. The molecular weight excluding hydrogens is 312 g/mol. The number of aromatic hydroxyl groups is 1. The summed E-state index contributed by atoms with van der Waals surface area (Å²) in [5, 5.41) is 13.6. The van der Waals surface area contributed by atoms with Crippen molar-refractivity contribution >= 4 is 17.3 Å². The fourth-order valence-electron chi connectivity index (χ4n) is 2.73. The molecule has 0 aromatic heterocycles. The van der Waals surface area contributed by atoms with E-state index in [1.54, 1.807) is 36.4 Å². The lowest BCUT2D eigenvalue weighted by molar-refractivity contribution is 0.102. The van der Waals surface area contributed by atoms with Crippen molar-refractivity contribution < 1.29 is 9.90 Å². The molecule has 4 heteroatoms. The number of phenolic OH excluding ortho intramolecular Hbond substituents is 1. The van der Waals surface area contributed by atoms with Crippen LogP contribution in [-0.2, 0) is 10.8 Å². The van der Waals surface area contributed by atoms with Crippen molar-refractivity contribution in [2.75, 3.05) is 11.1 Å². The smallest absolute Gasteiger partial charge is 0.255 e. The van der Waals surface area contributed by atoms with Crippen LogP contribution in [0.5, 0.6) is 5.75 Å². The van der Waals surface area contributed by atoms with E-state index in [0.717, 1.165) is 11.1 Å². The summed E-state index contributed by atoms with van der Waals surface area (Å²) in [5.41, 5.74) is 8.50. The Morgan fingerprint density at radius 1 is 0.960 bits per heavy atom. The van der Waals surface area contributed by atoms with E-state index in [-0.39, 0.29) is 22.5 Å². The topological polar surface area (TPSA) is 75.4 Å². The highest BCUT2D eigenvalue weighted by Gasteiger charge is 2.27. The summed E-state index contributed by atoms with van der Waals surface area (Å²) in [6.45, 7) is 12.1. The van der Waals surface area contributed by atoms with Crippen molar-refractivity contribution in [2.24, 2.45) is 0 Å². The Labute approximate surface area is 150 Å². The van der Waals surface area contributed by atoms with Gasteiger partial charge in [-0.3, -0.25) is 4.79 Å². The van der Waals surface area contributed by atoms with Crippen LogP contribution in [0.2, 0.25) is 0 Å². The molecule has 25 heavy (non-hydrogen) atoms. The Morgan fingerprint density at radius 3 is 1.92 bits per heavy atom. The van der Waals surface area contributed by atoms with Crippen LogP contribution in [0, 0.1) is 0 Å². The van der Waals surface area contributed by atoms with Gasteiger partial charge in [0.1, 0.15) is 5.75 Å². The summed E-state index contributed by atoms with van der Waals surface area (Å²) >= 11 is 0. The van der Waals surface area contributed by atoms with Crippen LogP contribution < -0.4 is 11.1 Å². The van der Waals surface area contributed by atoms with Crippen molar-refractivity contribution in [2.45, 2.75) is 52.4 Å². The van der Waals surface area contributed by atoms with Gasteiger partial charge in [-0.25, -0.2) is 0 Å². The number of nitrogens with two attached hydrogens (primary N) is 1. The van der Waals surface area contributed by atoms with Crippen LogP contribution in [-0.4, -0.2) is 11.0 Å². The molecule has 2 rings (SSSR count). The molecule has 0 atom stereocenters. The van der Waals surface area contributed by atoms with Crippen molar-refractivity contribution in [1.82, 2.24) is 0 Å². The van der Waals surface area contributed by atoms with Gasteiger partial charge in [-0.15, -0.1) is 0 Å². The Morgan fingerprint density at radius 2 is 1.48 bits per heavy atom. The van der Waals surface area contributed by atoms with E-state index < -0.39 is 0 Å². The van der Waals surface area contributed by atoms with Gasteiger partial charge in [0.25, 0.3) is 5.91 Å². The molecule has 134 valence electrons. The molecule has 0 heterocycles. The highest BCUT2D eigenvalue weighted by Crippen LogP contribution is 2.39. The summed E-state index contributed by atoms with van der Waals surface area (Å²) < 4.78 is 0. The molecule has 0 aliphatic rings. The third-order valence-corrected chi connectivity index (χ3v) is 4.13. The van der Waals surface area contributed by atoms with E-state index in [1.165, 1.54) is 0 Å². The van der Waals surface area contributed by atoms with Crippen molar-refractivity contribution in [3.63, 3.8) is 0 Å². The zero-order valence-electron chi connectivity index (χ0n) is 15.9. The van der Waals surface area contributed by atoms with Gasteiger partial charge >= 0.3 is 0 Å². The lowest BCUT2D eigenvalue weighted by atomic mass is 9.78. The summed E-state index contributed by atoms with van der Waals surface area (Å²) in [6.07, 6.45) is 0. The van der Waals surface area contributed by atoms with E-state index >= 15 is 0 Å². The minimum absolute atomic E-state index is 0.221. The number of rotatable bonds is 2. The first kappa shape index (κ1) is 18.8. The Bertz CT molecular complexity index is 761. The molecule has 2 aromatic rings. The van der Waals surface area contributed by atoms with Gasteiger partial charge in [0.05, 0.1) is 0 Å². The molecule has 4 nitrogen and oxygen atoms in total. The predicted octanol–water partition coefficient (Wildman–Crippen LogP) is 4.82. The average Bonchev–Trinajstić information content (AvgIpc) is 2.44. The molecule has 2 aromatic carbocycles. The van der Waals surface area contributed by atoms with Crippen molar-refractivity contribution in [1.29, 1.82) is 0 Å². The van der Waals surface area contributed by atoms with Crippen molar-refractivity contribution in [3.8, 4) is 5.75 Å². The third-order valence-electron chi connectivity index (χ3n) is 4.13. The fourth-order valence-corrected chi connectivity index (χ4v) is 2.73. The lowest BCUT2D eigenvalue weighted by Gasteiger charge is -2.28. The number of benzene rings is 2. The molecule has 0 radical (unpaired) electrons. The van der Waals surface area contributed by atoms with Gasteiger partial charge in [0, 0.05) is 28.1 Å². The minimum Gasteiger partial charge on any atom is -0.507 e. The molecule has 0 unspecified atom stereocenters. The maximum absolute atomic E-state index is 12.8. The summed E-state index contributed by atoms with van der Waals surface area (Å²) in [4.78, 5) is 12.8. The second-order valence-electron chi connectivity index (χ2n) is 8.50. The van der Waals surface area contributed by atoms with E-state index in [9.17, 15) is 9.90 Å². The maximum atomic E-state index is 12.8. The number of nitrogen functional groups attached to an aromatic ring is 1. The highest BCUT2D eigenvalue weighted by molar-refractivity contribution is 6.05. The van der Waals surface area contributed by atoms with Crippen LogP contribution in [0.3, 0.4) is 0 Å². The Balaban J connectivity index is 2.51. The number of carbonyl (C=O) groups excluding carboxylic acids is 1. The van der Waals surface area contributed by atoms with Gasteiger partial charge < -0.3 is 16.2 Å². The number of hydrogen-bond donors (Lipinski definition) is 3. The molecule has 0 aliphatic heterocycles. The largest absolute Gasteiger partial charge is 0.507 e. The van der Waals surface area contributed by atoms with Crippen LogP contribution in [0.1, 0.15) is 63.0 Å². The number of hydrogen-bond acceptors (Lipinski definition) is 3. The van der Waals surface area contributed by atoms with Crippen LogP contribution in [0.25, 0.3) is 0 Å². The van der Waals surface area contributed by atoms with Gasteiger partial charge in [0.15, 0.2) is 0 Å². The van der Waals surface area contributed by atoms with Crippen LogP contribution >= 0.6 is 0 Å². The van der Waals surface area contributed by atoms with Gasteiger partial charge in [-0.2, -0.15) is 0 Å². The first-order valence-electron chi connectivity index (χ1n) is 8.44. The normalized spacial score (nSPS) is 12.1. The standard InChI is InChI=1S/C21H28N2O2/c1-20(2,3)16-10-13(11-17(18(16)24)21(4,5)6)19(25)23-15-9-7-8-14(22)12-15/h7-12,24H,22H2,1-6H3,(H,23,25). The number of phenols is 1. The highest BCUT2D eigenvalue weighted by atomic mass is 16.3. The molecule has 0 spiro atoms. The molecule has 0 saturated heterocycles. The average molecular weight is 340 g/mol. The quantitative estimate of drug-likeness (QED) is 0.686. The molecule has 0 fully saturated rings. The zero-order valence-corrected chi connectivity index (χ0v) is 15.9. The first-order valence-corrected chi connectivity index (χ1v) is 8.44. The number of carbonyl (C=O) groups is 1.